The van der Waals surface area contributed by atoms with E-state index in [1.54, 1.807) is 10.8 Å². The Balaban J connectivity index is 2.04. The number of nitrogens with one attached hydrogen (secondary N) is 2. The smallest absolute Gasteiger partial charge is 0.363 e. The van der Waals surface area contributed by atoms with Crippen LogP contribution in [0.1, 0.15) is 12.6 Å². The Morgan fingerprint density at radius 3 is 3.05 bits per heavy atom. The Labute approximate surface area is 117 Å². The molecule has 9 heteroatoms. The molecule has 3 rings (SSSR count). The van der Waals surface area contributed by atoms with Crippen molar-refractivity contribution in [2.45, 2.75) is 30.0 Å². The Morgan fingerprint density at radius 2 is 2.40 bits per heavy atom. The number of aromatic nitrogens is 4. The SMILES string of the molecule is CSc1nc2[nH]c(=O)[nH]c2c[n+]1C1C[C@H](O)[C@@H](CO)O1. The number of ether oxygens (including phenoxy) is 1. The van der Waals surface area contributed by atoms with Crippen LogP contribution >= 0.6 is 11.8 Å². The number of H-pyrrole nitrogens is 2. The minimum absolute atomic E-state index is 0.233. The van der Waals surface area contributed by atoms with Crippen LogP contribution in [-0.2, 0) is 4.74 Å². The summed E-state index contributed by atoms with van der Waals surface area (Å²) >= 11 is 1.41. The van der Waals surface area contributed by atoms with Crippen molar-refractivity contribution in [1.29, 1.82) is 0 Å². The van der Waals surface area contributed by atoms with E-state index in [0.717, 1.165) is 0 Å². The zero-order valence-corrected chi connectivity index (χ0v) is 11.6. The standard InChI is InChI=1S/C11H14N4O4S/c1-20-11-14-9-5(12-10(18)13-9)3-15(11)8-2-6(17)7(4-16)19-8/h3,6-8,16-17H,2,4H2,1H3,(H,12,18)/p+1/t6-,7+,8?/m0/s1. The molecule has 0 aromatic carbocycles. The second-order valence-corrected chi connectivity index (χ2v) is 5.36. The van der Waals surface area contributed by atoms with Crippen molar-refractivity contribution in [3.05, 3.63) is 16.7 Å². The van der Waals surface area contributed by atoms with Gasteiger partial charge in [0.05, 0.1) is 12.7 Å². The van der Waals surface area contributed by atoms with Gasteiger partial charge in [0.1, 0.15) is 12.3 Å². The first kappa shape index (κ1) is 13.6. The van der Waals surface area contributed by atoms with E-state index in [0.29, 0.717) is 22.7 Å². The number of nitrogens with zero attached hydrogens (tertiary/aromatic N) is 2. The highest BCUT2D eigenvalue weighted by atomic mass is 32.2. The van der Waals surface area contributed by atoms with Gasteiger partial charge in [-0.05, 0) is 23.0 Å². The van der Waals surface area contributed by atoms with Gasteiger partial charge in [-0.2, -0.15) is 4.57 Å². The van der Waals surface area contributed by atoms with E-state index >= 15 is 0 Å². The molecule has 0 saturated carbocycles. The van der Waals surface area contributed by atoms with E-state index in [1.165, 1.54) is 11.8 Å². The molecule has 20 heavy (non-hydrogen) atoms. The Kier molecular flexibility index (Phi) is 3.50. The predicted octanol–water partition coefficient (Wildman–Crippen LogP) is -1.10. The number of imidazole rings is 1. The van der Waals surface area contributed by atoms with Crippen LogP contribution in [0.3, 0.4) is 0 Å². The molecule has 108 valence electrons. The van der Waals surface area contributed by atoms with Gasteiger partial charge >= 0.3 is 10.8 Å². The highest BCUT2D eigenvalue weighted by Gasteiger charge is 2.38. The van der Waals surface area contributed by atoms with Gasteiger partial charge in [0, 0.05) is 6.42 Å². The lowest BCUT2D eigenvalue weighted by Crippen LogP contribution is -2.42. The van der Waals surface area contributed by atoms with E-state index < -0.39 is 18.4 Å². The van der Waals surface area contributed by atoms with E-state index in [2.05, 4.69) is 15.0 Å². The molecule has 0 spiro atoms. The van der Waals surface area contributed by atoms with Gasteiger partial charge in [0.2, 0.25) is 6.23 Å². The Morgan fingerprint density at radius 1 is 1.60 bits per heavy atom. The number of fused-ring (bicyclic) bond motifs is 1. The third-order valence-corrected chi connectivity index (χ3v) is 3.98. The molecular weight excluding hydrogens is 284 g/mol. The normalized spacial score (nSPS) is 26.4. The van der Waals surface area contributed by atoms with Gasteiger partial charge < -0.3 is 14.9 Å². The molecule has 1 fully saturated rings. The first-order chi connectivity index (χ1) is 9.62. The van der Waals surface area contributed by atoms with Crippen molar-refractivity contribution < 1.29 is 19.5 Å². The van der Waals surface area contributed by atoms with Crippen LogP contribution in [-0.4, -0.2) is 50.2 Å². The maximum absolute atomic E-state index is 11.3. The van der Waals surface area contributed by atoms with Crippen molar-refractivity contribution in [3.63, 3.8) is 0 Å². The monoisotopic (exact) mass is 299 g/mol. The number of aliphatic hydroxyl groups excluding tert-OH is 2. The predicted molar refractivity (Wildman–Crippen MR) is 70.3 cm³/mol. The fourth-order valence-corrected chi connectivity index (χ4v) is 2.89. The molecule has 0 amide bonds. The summed E-state index contributed by atoms with van der Waals surface area (Å²) in [6, 6.07) is 0. The average molecular weight is 299 g/mol. The maximum Gasteiger partial charge on any atom is 0.363 e. The molecule has 8 nitrogen and oxygen atoms in total. The first-order valence-electron chi connectivity index (χ1n) is 6.15. The molecular formula is C11H15N4O4S+. The maximum atomic E-state index is 11.3. The molecule has 3 heterocycles. The van der Waals surface area contributed by atoms with Crippen LogP contribution in [0.2, 0.25) is 0 Å². The number of thioether (sulfide) groups is 1. The zero-order valence-electron chi connectivity index (χ0n) is 10.7. The zero-order chi connectivity index (χ0) is 14.3. The second kappa shape index (κ2) is 5.17. The van der Waals surface area contributed by atoms with E-state index in [1.807, 2.05) is 6.26 Å². The van der Waals surface area contributed by atoms with Gasteiger partial charge in [-0.3, -0.25) is 9.97 Å². The molecule has 0 bridgehead atoms. The molecule has 0 aliphatic carbocycles. The summed E-state index contributed by atoms with van der Waals surface area (Å²) in [4.78, 5) is 20.9. The van der Waals surface area contributed by atoms with Crippen molar-refractivity contribution in [2.24, 2.45) is 0 Å². The number of hydrogen-bond acceptors (Lipinski definition) is 6. The number of aromatic amines is 2. The van der Waals surface area contributed by atoms with Crippen LogP contribution in [0.4, 0.5) is 0 Å². The van der Waals surface area contributed by atoms with Gasteiger partial charge in [-0.25, -0.2) is 4.79 Å². The molecule has 1 unspecified atom stereocenters. The second-order valence-electron chi connectivity index (χ2n) is 4.59. The highest BCUT2D eigenvalue weighted by Crippen LogP contribution is 2.26. The van der Waals surface area contributed by atoms with E-state index in [9.17, 15) is 9.90 Å². The summed E-state index contributed by atoms with van der Waals surface area (Å²) in [6.45, 7) is -0.233. The first-order valence-corrected chi connectivity index (χ1v) is 7.37. The third-order valence-electron chi connectivity index (χ3n) is 3.31. The van der Waals surface area contributed by atoms with Gasteiger partial charge in [0.15, 0.2) is 5.52 Å². The summed E-state index contributed by atoms with van der Waals surface area (Å²) in [7, 11) is 0. The Hall–Kier alpha value is -1.42. The summed E-state index contributed by atoms with van der Waals surface area (Å²) in [6.07, 6.45) is 2.23. The third kappa shape index (κ3) is 2.22. The molecule has 4 N–H and O–H groups in total. The minimum atomic E-state index is -0.715. The van der Waals surface area contributed by atoms with Crippen LogP contribution < -0.4 is 10.3 Å². The molecule has 2 aromatic rings. The Bertz CT molecular complexity index is 685. The van der Waals surface area contributed by atoms with Crippen LogP contribution in [0.5, 0.6) is 0 Å². The molecule has 2 aromatic heterocycles. The molecule has 1 aliphatic heterocycles. The lowest BCUT2D eigenvalue weighted by molar-refractivity contribution is -0.793. The number of hydrogen-bond donors (Lipinski definition) is 4. The van der Waals surface area contributed by atoms with Gasteiger partial charge in [0.25, 0.3) is 5.65 Å². The summed E-state index contributed by atoms with van der Waals surface area (Å²) in [5.41, 5.74) is 0.726. The van der Waals surface area contributed by atoms with Crippen molar-refractivity contribution in [1.82, 2.24) is 15.0 Å². The van der Waals surface area contributed by atoms with E-state index in [4.69, 9.17) is 9.84 Å². The van der Waals surface area contributed by atoms with Gasteiger partial charge in [-0.1, -0.05) is 0 Å². The number of rotatable bonds is 3. The largest absolute Gasteiger partial charge is 0.394 e. The molecule has 3 atom stereocenters. The van der Waals surface area contributed by atoms with Crippen molar-refractivity contribution in [3.8, 4) is 0 Å². The number of aliphatic hydroxyl groups is 2. The van der Waals surface area contributed by atoms with E-state index in [-0.39, 0.29) is 12.3 Å². The molecule has 1 aliphatic rings. The summed E-state index contributed by atoms with van der Waals surface area (Å²) in [5.74, 6) is 0. The van der Waals surface area contributed by atoms with Crippen LogP contribution in [0.25, 0.3) is 11.2 Å². The average Bonchev–Trinajstić information content (AvgIpc) is 2.98. The summed E-state index contributed by atoms with van der Waals surface area (Å²) < 4.78 is 7.37. The molecule has 1 saturated heterocycles. The topological polar surface area (TPSA) is 115 Å². The van der Waals surface area contributed by atoms with Crippen LogP contribution in [0.15, 0.2) is 16.1 Å². The van der Waals surface area contributed by atoms with Gasteiger partial charge in [-0.15, -0.1) is 0 Å². The fraction of sp³-hybridized carbons (Fsp3) is 0.545. The minimum Gasteiger partial charge on any atom is -0.394 e. The fourth-order valence-electron chi connectivity index (χ4n) is 2.32. The highest BCUT2D eigenvalue weighted by molar-refractivity contribution is 7.98. The lowest BCUT2D eigenvalue weighted by Gasteiger charge is -2.11. The van der Waals surface area contributed by atoms with Crippen LogP contribution in [0, 0.1) is 0 Å². The van der Waals surface area contributed by atoms with Crippen molar-refractivity contribution >= 4 is 22.9 Å². The quantitative estimate of drug-likeness (QED) is 0.325. The molecule has 0 radical (unpaired) electrons. The lowest BCUT2D eigenvalue weighted by atomic mass is 10.2. The van der Waals surface area contributed by atoms with Crippen molar-refractivity contribution in [2.75, 3.05) is 12.9 Å². The summed E-state index contributed by atoms with van der Waals surface area (Å²) in [5, 5.41) is 19.6.